The van der Waals surface area contributed by atoms with Crippen molar-refractivity contribution in [1.82, 2.24) is 0 Å². The van der Waals surface area contributed by atoms with E-state index in [-0.39, 0.29) is 11.6 Å². The van der Waals surface area contributed by atoms with Crippen LogP contribution in [0.4, 0.5) is 15.8 Å². The molecular weight excluding hydrogens is 207 g/mol. The van der Waals surface area contributed by atoms with Gasteiger partial charge in [0, 0.05) is 0 Å². The van der Waals surface area contributed by atoms with Crippen LogP contribution in [0.2, 0.25) is 0 Å². The van der Waals surface area contributed by atoms with E-state index < -0.39 is 0 Å². The zero-order chi connectivity index (χ0) is 11.4. The lowest BCUT2D eigenvalue weighted by Gasteiger charge is -1.94. The Labute approximate surface area is 91.9 Å². The molecule has 0 spiro atoms. The molecule has 0 saturated heterocycles. The summed E-state index contributed by atoms with van der Waals surface area (Å²) in [7, 11) is 0. The van der Waals surface area contributed by atoms with E-state index in [1.54, 1.807) is 24.3 Å². The summed E-state index contributed by atoms with van der Waals surface area (Å²) in [5.41, 5.74) is 1.21. The highest BCUT2D eigenvalue weighted by Gasteiger charge is 1.92. The molecule has 1 N–H and O–H groups in total. The predicted octanol–water partition coefficient (Wildman–Crippen LogP) is 3.95. The Morgan fingerprint density at radius 2 is 1.19 bits per heavy atom. The maximum Gasteiger partial charge on any atom is 0.123 e. The monoisotopic (exact) mass is 216 g/mol. The van der Waals surface area contributed by atoms with Crippen molar-refractivity contribution in [2.24, 2.45) is 10.2 Å². The van der Waals surface area contributed by atoms with Gasteiger partial charge in [0.25, 0.3) is 0 Å². The third-order valence-electron chi connectivity index (χ3n) is 1.96. The average molecular weight is 216 g/mol. The number of phenols is 1. The summed E-state index contributed by atoms with van der Waals surface area (Å²) in [4.78, 5) is 0. The van der Waals surface area contributed by atoms with Crippen molar-refractivity contribution >= 4 is 11.4 Å². The predicted molar refractivity (Wildman–Crippen MR) is 58.7 cm³/mol. The second-order valence-corrected chi connectivity index (χ2v) is 3.19. The van der Waals surface area contributed by atoms with Gasteiger partial charge in [-0.1, -0.05) is 0 Å². The molecule has 0 aliphatic carbocycles. The summed E-state index contributed by atoms with van der Waals surface area (Å²) < 4.78 is 12.6. The smallest absolute Gasteiger partial charge is 0.123 e. The van der Waals surface area contributed by atoms with Crippen molar-refractivity contribution in [3.8, 4) is 5.75 Å². The van der Waals surface area contributed by atoms with Crippen molar-refractivity contribution < 1.29 is 9.50 Å². The van der Waals surface area contributed by atoms with E-state index in [1.807, 2.05) is 0 Å². The van der Waals surface area contributed by atoms with Crippen molar-refractivity contribution in [1.29, 1.82) is 0 Å². The number of rotatable bonds is 2. The Kier molecular flexibility index (Phi) is 2.91. The van der Waals surface area contributed by atoms with E-state index in [0.717, 1.165) is 0 Å². The van der Waals surface area contributed by atoms with E-state index in [2.05, 4.69) is 10.2 Å². The zero-order valence-corrected chi connectivity index (χ0v) is 8.34. The van der Waals surface area contributed by atoms with E-state index >= 15 is 0 Å². The van der Waals surface area contributed by atoms with Gasteiger partial charge in [0.15, 0.2) is 0 Å². The van der Waals surface area contributed by atoms with Crippen molar-refractivity contribution in [3.63, 3.8) is 0 Å². The fraction of sp³-hybridized carbons (Fsp3) is 0. The van der Waals surface area contributed by atoms with Crippen molar-refractivity contribution in [2.75, 3.05) is 0 Å². The molecule has 0 aromatic heterocycles. The standard InChI is InChI=1S/C12H9FN2O/c13-9-1-3-10(4-2-9)14-15-11-5-7-12(16)8-6-11/h1-8,16H. The molecule has 0 unspecified atom stereocenters. The molecule has 2 rings (SSSR count). The first-order valence-corrected chi connectivity index (χ1v) is 4.70. The minimum absolute atomic E-state index is 0.181. The third-order valence-corrected chi connectivity index (χ3v) is 1.96. The molecule has 0 atom stereocenters. The number of phenolic OH excluding ortho intramolecular Hbond substituents is 1. The minimum atomic E-state index is -0.302. The Morgan fingerprint density at radius 1 is 0.750 bits per heavy atom. The van der Waals surface area contributed by atoms with Gasteiger partial charge < -0.3 is 5.11 Å². The largest absolute Gasteiger partial charge is 0.508 e. The van der Waals surface area contributed by atoms with E-state index in [4.69, 9.17) is 5.11 Å². The number of nitrogens with zero attached hydrogens (tertiary/aromatic N) is 2. The molecule has 3 nitrogen and oxygen atoms in total. The molecule has 0 aliphatic heterocycles. The summed E-state index contributed by atoms with van der Waals surface area (Å²) >= 11 is 0. The summed E-state index contributed by atoms with van der Waals surface area (Å²) in [5, 5.41) is 16.9. The quantitative estimate of drug-likeness (QED) is 0.759. The lowest BCUT2D eigenvalue weighted by atomic mass is 10.3. The molecule has 4 heteroatoms. The van der Waals surface area contributed by atoms with Gasteiger partial charge in [-0.25, -0.2) is 4.39 Å². The highest BCUT2D eigenvalue weighted by atomic mass is 19.1. The van der Waals surface area contributed by atoms with Crippen molar-refractivity contribution in [3.05, 3.63) is 54.3 Å². The fourth-order valence-electron chi connectivity index (χ4n) is 1.14. The van der Waals surface area contributed by atoms with Crippen LogP contribution >= 0.6 is 0 Å². The molecule has 16 heavy (non-hydrogen) atoms. The fourth-order valence-corrected chi connectivity index (χ4v) is 1.14. The van der Waals surface area contributed by atoms with Gasteiger partial charge in [0.2, 0.25) is 0 Å². The van der Waals surface area contributed by atoms with E-state index in [9.17, 15) is 4.39 Å². The second kappa shape index (κ2) is 4.53. The van der Waals surface area contributed by atoms with Gasteiger partial charge in [0.05, 0.1) is 11.4 Å². The number of halogens is 1. The van der Waals surface area contributed by atoms with E-state index in [0.29, 0.717) is 11.4 Å². The molecule has 0 fully saturated rings. The summed E-state index contributed by atoms with van der Waals surface area (Å²) in [6.07, 6.45) is 0. The molecule has 0 aliphatic rings. The average Bonchev–Trinajstić information content (AvgIpc) is 2.30. The van der Waals surface area contributed by atoms with Crippen molar-refractivity contribution in [2.45, 2.75) is 0 Å². The molecule has 0 heterocycles. The van der Waals surface area contributed by atoms with Crippen LogP contribution in [0, 0.1) is 5.82 Å². The number of hydrogen-bond donors (Lipinski definition) is 1. The zero-order valence-electron chi connectivity index (χ0n) is 8.34. The molecule has 2 aromatic rings. The molecule has 0 amide bonds. The summed E-state index contributed by atoms with van der Waals surface area (Å²) in [6, 6.07) is 12.1. The van der Waals surface area contributed by atoms with E-state index in [1.165, 1.54) is 24.3 Å². The normalized spacial score (nSPS) is 10.8. The van der Waals surface area contributed by atoms with Crippen LogP contribution in [-0.2, 0) is 0 Å². The minimum Gasteiger partial charge on any atom is -0.508 e. The molecule has 2 aromatic carbocycles. The molecular formula is C12H9FN2O. The highest BCUT2D eigenvalue weighted by molar-refractivity contribution is 5.42. The molecule has 0 bridgehead atoms. The maximum absolute atomic E-state index is 12.6. The van der Waals surface area contributed by atoms with Crippen LogP contribution in [0.1, 0.15) is 0 Å². The van der Waals surface area contributed by atoms with Crippen LogP contribution in [0.25, 0.3) is 0 Å². The van der Waals surface area contributed by atoms with Crippen LogP contribution in [0.5, 0.6) is 5.75 Å². The lowest BCUT2D eigenvalue weighted by Crippen LogP contribution is -1.69. The first-order valence-electron chi connectivity index (χ1n) is 4.70. The maximum atomic E-state index is 12.6. The first kappa shape index (κ1) is 10.3. The molecule has 80 valence electrons. The van der Waals surface area contributed by atoms with Crippen LogP contribution < -0.4 is 0 Å². The van der Waals surface area contributed by atoms with Crippen LogP contribution in [-0.4, -0.2) is 5.11 Å². The summed E-state index contributed by atoms with van der Waals surface area (Å²) in [6.45, 7) is 0. The van der Waals surface area contributed by atoms with Crippen LogP contribution in [0.15, 0.2) is 58.8 Å². The van der Waals surface area contributed by atoms with Gasteiger partial charge in [-0.05, 0) is 48.5 Å². The SMILES string of the molecule is Oc1ccc(N=Nc2ccc(F)cc2)cc1. The number of azo groups is 1. The Balaban J connectivity index is 2.15. The second-order valence-electron chi connectivity index (χ2n) is 3.19. The van der Waals surface area contributed by atoms with Gasteiger partial charge in [-0.2, -0.15) is 10.2 Å². The number of hydrogen-bond acceptors (Lipinski definition) is 3. The van der Waals surface area contributed by atoms with Gasteiger partial charge in [0.1, 0.15) is 11.6 Å². The first-order chi connectivity index (χ1) is 7.74. The number of aromatic hydroxyl groups is 1. The Hall–Kier alpha value is -2.23. The number of benzene rings is 2. The topological polar surface area (TPSA) is 45.0 Å². The Bertz CT molecular complexity index is 444. The van der Waals surface area contributed by atoms with Crippen LogP contribution in [0.3, 0.4) is 0 Å². The summed E-state index contributed by atoms with van der Waals surface area (Å²) in [5.74, 6) is -0.121. The third kappa shape index (κ3) is 2.63. The molecule has 0 radical (unpaired) electrons. The Morgan fingerprint density at radius 3 is 1.69 bits per heavy atom. The highest BCUT2D eigenvalue weighted by Crippen LogP contribution is 2.20. The van der Waals surface area contributed by atoms with Gasteiger partial charge in [-0.15, -0.1) is 0 Å². The van der Waals surface area contributed by atoms with Gasteiger partial charge in [-0.3, -0.25) is 0 Å². The molecule has 0 saturated carbocycles. The lowest BCUT2D eigenvalue weighted by molar-refractivity contribution is 0.475. The van der Waals surface area contributed by atoms with Gasteiger partial charge >= 0.3 is 0 Å².